The SMILES string of the molecule is N#C/C(=C(/NC(=O)c1ccccc1)SCC(=O)Nc1cccc(Cl)c1)[C@H](CC(=O)c1ccccc1)c1ccccc1Cl. The number of nitrogens with zero attached hydrogens (tertiary/aromatic N) is 1. The third-order valence-electron chi connectivity index (χ3n) is 6.20. The predicted octanol–water partition coefficient (Wildman–Crippen LogP) is 7.89. The van der Waals surface area contributed by atoms with Gasteiger partial charge in [0.25, 0.3) is 5.91 Å². The van der Waals surface area contributed by atoms with E-state index >= 15 is 0 Å². The second kappa shape index (κ2) is 15.0. The average Bonchev–Trinajstić information content (AvgIpc) is 3.00. The van der Waals surface area contributed by atoms with Crippen molar-refractivity contribution in [3.63, 3.8) is 0 Å². The van der Waals surface area contributed by atoms with Crippen LogP contribution in [0.15, 0.2) is 120 Å². The molecule has 42 heavy (non-hydrogen) atoms. The van der Waals surface area contributed by atoms with Crippen molar-refractivity contribution in [1.29, 1.82) is 5.26 Å². The second-order valence-electron chi connectivity index (χ2n) is 9.09. The Kier molecular flexibility index (Phi) is 11.0. The van der Waals surface area contributed by atoms with Crippen LogP contribution in [0.25, 0.3) is 0 Å². The molecule has 9 heteroatoms. The Morgan fingerprint density at radius 3 is 2.10 bits per heavy atom. The van der Waals surface area contributed by atoms with Crippen LogP contribution in [0, 0.1) is 11.3 Å². The minimum Gasteiger partial charge on any atom is -0.325 e. The summed E-state index contributed by atoms with van der Waals surface area (Å²) in [5.74, 6) is -1.98. The van der Waals surface area contributed by atoms with Gasteiger partial charge >= 0.3 is 0 Å². The highest BCUT2D eigenvalue weighted by Crippen LogP contribution is 2.37. The number of nitriles is 1. The first kappa shape index (κ1) is 30.6. The molecule has 4 aromatic rings. The molecule has 0 saturated heterocycles. The molecule has 6 nitrogen and oxygen atoms in total. The molecular weight excluding hydrogens is 589 g/mol. The Labute approximate surface area is 258 Å². The van der Waals surface area contributed by atoms with Crippen molar-refractivity contribution >= 4 is 58.2 Å². The van der Waals surface area contributed by atoms with Gasteiger partial charge in [0, 0.05) is 39.2 Å². The van der Waals surface area contributed by atoms with Gasteiger partial charge in [0.2, 0.25) is 5.91 Å². The lowest BCUT2D eigenvalue weighted by Gasteiger charge is -2.21. The number of Topliss-reactive ketones (excluding diaryl/α,β-unsaturated/α-hetero) is 1. The lowest BCUT2D eigenvalue weighted by molar-refractivity contribution is -0.113. The van der Waals surface area contributed by atoms with E-state index in [9.17, 15) is 19.6 Å². The number of benzene rings is 4. The first-order valence-corrected chi connectivity index (χ1v) is 14.6. The maximum atomic E-state index is 13.4. The number of hydrogen-bond acceptors (Lipinski definition) is 5. The van der Waals surface area contributed by atoms with Crippen LogP contribution in [0.5, 0.6) is 0 Å². The highest BCUT2D eigenvalue weighted by molar-refractivity contribution is 8.03. The van der Waals surface area contributed by atoms with Gasteiger partial charge in [-0.1, -0.05) is 108 Å². The van der Waals surface area contributed by atoms with Gasteiger partial charge in [0.05, 0.1) is 22.4 Å². The molecule has 0 aliphatic heterocycles. The van der Waals surface area contributed by atoms with Crippen LogP contribution < -0.4 is 10.6 Å². The molecule has 0 spiro atoms. The van der Waals surface area contributed by atoms with Crippen LogP contribution in [0.4, 0.5) is 5.69 Å². The summed E-state index contributed by atoms with van der Waals surface area (Å²) in [7, 11) is 0. The van der Waals surface area contributed by atoms with Gasteiger partial charge in [-0.25, -0.2) is 0 Å². The van der Waals surface area contributed by atoms with E-state index in [0.29, 0.717) is 32.4 Å². The quantitative estimate of drug-likeness (QED) is 0.132. The number of carbonyl (C=O) groups is 3. The van der Waals surface area contributed by atoms with Crippen molar-refractivity contribution in [3.05, 3.63) is 147 Å². The van der Waals surface area contributed by atoms with E-state index in [4.69, 9.17) is 23.2 Å². The lowest BCUT2D eigenvalue weighted by atomic mass is 9.86. The van der Waals surface area contributed by atoms with Crippen molar-refractivity contribution < 1.29 is 14.4 Å². The predicted molar refractivity (Wildman–Crippen MR) is 169 cm³/mol. The van der Waals surface area contributed by atoms with Crippen molar-refractivity contribution in [2.75, 3.05) is 11.1 Å². The summed E-state index contributed by atoms with van der Waals surface area (Å²) < 4.78 is 0. The molecule has 0 aliphatic carbocycles. The lowest BCUT2D eigenvalue weighted by Crippen LogP contribution is -2.25. The minimum absolute atomic E-state index is 0.0867. The molecule has 4 rings (SSSR count). The number of carbonyl (C=O) groups excluding carboxylic acids is 3. The molecule has 0 bridgehead atoms. The third-order valence-corrected chi connectivity index (χ3v) is 7.79. The van der Waals surface area contributed by atoms with Crippen LogP contribution in [-0.4, -0.2) is 23.4 Å². The third kappa shape index (κ3) is 8.34. The number of amides is 2. The summed E-state index contributed by atoms with van der Waals surface area (Å²) in [5.41, 5.74) is 2.02. The van der Waals surface area contributed by atoms with Crippen molar-refractivity contribution in [2.45, 2.75) is 12.3 Å². The average molecular weight is 615 g/mol. The first-order valence-electron chi connectivity index (χ1n) is 12.9. The van der Waals surface area contributed by atoms with E-state index in [-0.39, 0.29) is 34.5 Å². The van der Waals surface area contributed by atoms with E-state index in [0.717, 1.165) is 11.8 Å². The number of thioether (sulfide) groups is 1. The highest BCUT2D eigenvalue weighted by atomic mass is 35.5. The van der Waals surface area contributed by atoms with Gasteiger partial charge in [-0.15, -0.1) is 0 Å². The van der Waals surface area contributed by atoms with E-state index in [1.54, 1.807) is 103 Å². The zero-order valence-electron chi connectivity index (χ0n) is 22.2. The molecule has 0 fully saturated rings. The Balaban J connectivity index is 1.72. The molecule has 0 saturated carbocycles. The van der Waals surface area contributed by atoms with Crippen molar-refractivity contribution in [2.24, 2.45) is 0 Å². The fourth-order valence-electron chi connectivity index (χ4n) is 4.19. The molecule has 0 heterocycles. The summed E-state index contributed by atoms with van der Waals surface area (Å²) in [6, 6.07) is 33.1. The second-order valence-corrected chi connectivity index (χ2v) is 10.9. The van der Waals surface area contributed by atoms with Gasteiger partial charge in [-0.05, 0) is 42.0 Å². The van der Waals surface area contributed by atoms with E-state index in [1.807, 2.05) is 6.07 Å². The van der Waals surface area contributed by atoms with E-state index in [1.165, 1.54) is 0 Å². The molecular formula is C33H25Cl2N3O3S. The van der Waals surface area contributed by atoms with Crippen molar-refractivity contribution in [1.82, 2.24) is 5.32 Å². The van der Waals surface area contributed by atoms with Crippen LogP contribution in [0.1, 0.15) is 38.6 Å². The molecule has 0 aromatic heterocycles. The van der Waals surface area contributed by atoms with Gasteiger partial charge in [-0.2, -0.15) is 5.26 Å². The fourth-order valence-corrected chi connectivity index (χ4v) is 5.50. The summed E-state index contributed by atoms with van der Waals surface area (Å²) in [5, 5.41) is 17.0. The number of rotatable bonds is 11. The maximum Gasteiger partial charge on any atom is 0.256 e. The van der Waals surface area contributed by atoms with Gasteiger partial charge in [0.1, 0.15) is 0 Å². The number of halogens is 2. The smallest absolute Gasteiger partial charge is 0.256 e. The molecule has 2 N–H and O–H groups in total. The van der Waals surface area contributed by atoms with Gasteiger partial charge in [-0.3, -0.25) is 14.4 Å². The Hall–Kier alpha value is -4.35. The number of nitrogens with one attached hydrogen (secondary N) is 2. The van der Waals surface area contributed by atoms with Crippen LogP contribution >= 0.6 is 35.0 Å². The zero-order valence-corrected chi connectivity index (χ0v) is 24.5. The topological polar surface area (TPSA) is 99.1 Å². The molecule has 1 atom stereocenters. The van der Waals surface area contributed by atoms with Crippen LogP contribution in [0.3, 0.4) is 0 Å². The fraction of sp³-hybridized carbons (Fsp3) is 0.0909. The molecule has 0 unspecified atom stereocenters. The van der Waals surface area contributed by atoms with Crippen molar-refractivity contribution in [3.8, 4) is 6.07 Å². The zero-order chi connectivity index (χ0) is 29.9. The van der Waals surface area contributed by atoms with Crippen LogP contribution in [-0.2, 0) is 4.79 Å². The number of hydrogen-bond donors (Lipinski definition) is 2. The van der Waals surface area contributed by atoms with Crippen LogP contribution in [0.2, 0.25) is 10.0 Å². The molecule has 210 valence electrons. The first-order chi connectivity index (χ1) is 20.4. The monoisotopic (exact) mass is 613 g/mol. The Morgan fingerprint density at radius 1 is 0.810 bits per heavy atom. The largest absolute Gasteiger partial charge is 0.325 e. The summed E-state index contributed by atoms with van der Waals surface area (Å²) in [6.45, 7) is 0. The Morgan fingerprint density at radius 2 is 1.45 bits per heavy atom. The van der Waals surface area contributed by atoms with Gasteiger partial charge < -0.3 is 10.6 Å². The van der Waals surface area contributed by atoms with E-state index in [2.05, 4.69) is 16.7 Å². The Bertz CT molecular complexity index is 1650. The molecule has 2 amide bonds. The molecule has 4 aromatic carbocycles. The normalized spacial score (nSPS) is 11.9. The van der Waals surface area contributed by atoms with E-state index < -0.39 is 11.8 Å². The standard InChI is InChI=1S/C33H25Cl2N3O3S/c34-24-14-9-15-25(18-24)37-31(40)21-42-33(38-32(41)23-12-5-2-6-13-23)28(20-36)27(26-16-7-8-17-29(26)35)19-30(39)22-10-3-1-4-11-22/h1-18,27H,19,21H2,(H,37,40)(H,38,41)/b33-28+/t27-/m1/s1. The summed E-state index contributed by atoms with van der Waals surface area (Å²) in [6.07, 6.45) is -0.0867. The number of allylic oxidation sites excluding steroid dienone is 1. The highest BCUT2D eigenvalue weighted by Gasteiger charge is 2.28. The molecule has 0 radical (unpaired) electrons. The molecule has 0 aliphatic rings. The minimum atomic E-state index is -0.800. The number of anilines is 1. The van der Waals surface area contributed by atoms with Gasteiger partial charge in [0.15, 0.2) is 5.78 Å². The summed E-state index contributed by atoms with van der Waals surface area (Å²) >= 11 is 13.6. The summed E-state index contributed by atoms with van der Waals surface area (Å²) in [4.78, 5) is 39.5. The maximum absolute atomic E-state index is 13.4. The number of ketones is 1.